The number of carbonyl (C=O) groups excluding carboxylic acids is 1. The Labute approximate surface area is 99.7 Å². The van der Waals surface area contributed by atoms with E-state index in [2.05, 4.69) is 5.32 Å². The Morgan fingerprint density at radius 2 is 2.06 bits per heavy atom. The number of aliphatic hydroxyl groups excluding tert-OH is 2. The van der Waals surface area contributed by atoms with Crippen LogP contribution in [0.1, 0.15) is 6.92 Å². The normalized spacial score (nSPS) is 37.8. The summed E-state index contributed by atoms with van der Waals surface area (Å²) in [5.74, 6) is -0.336. The summed E-state index contributed by atoms with van der Waals surface area (Å²) >= 11 is 0. The van der Waals surface area contributed by atoms with Gasteiger partial charge in [0.1, 0.15) is 24.4 Å². The molecule has 1 amide bonds. The first-order valence-corrected chi connectivity index (χ1v) is 5.31. The molecule has 0 aromatic heterocycles. The van der Waals surface area contributed by atoms with Gasteiger partial charge in [0.25, 0.3) is 0 Å². The number of nitrogens with one attached hydrogen (secondary N) is 1. The maximum atomic E-state index is 11.0. The fourth-order valence-corrected chi connectivity index (χ4v) is 1.91. The van der Waals surface area contributed by atoms with E-state index in [4.69, 9.17) is 14.2 Å². The van der Waals surface area contributed by atoms with E-state index < -0.39 is 30.6 Å². The van der Waals surface area contributed by atoms with Crippen LogP contribution < -0.4 is 5.32 Å². The van der Waals surface area contributed by atoms with Crippen molar-refractivity contribution in [3.05, 3.63) is 0 Å². The molecule has 7 nitrogen and oxygen atoms in total. The van der Waals surface area contributed by atoms with E-state index >= 15 is 0 Å². The summed E-state index contributed by atoms with van der Waals surface area (Å²) in [6, 6.07) is -0.805. The molecule has 1 aliphatic heterocycles. The number of amides is 1. The van der Waals surface area contributed by atoms with Crippen molar-refractivity contribution in [2.24, 2.45) is 0 Å². The van der Waals surface area contributed by atoms with Crippen molar-refractivity contribution in [2.45, 2.75) is 37.6 Å². The standard InChI is InChI=1S/C10H19NO6/c1-5(12)11-7-9(16-3)8(13)6(4-15-2)17-10(7)14/h6-10,13-14H,4H2,1-3H3,(H,11,12)/t6-,7+,8-,9-,10-/m0/s1. The molecular formula is C10H19NO6. The first kappa shape index (κ1) is 14.3. The SMILES string of the molecule is COC[C@@H]1O[C@H](O)[C@H](NC(C)=O)[C@H](OC)[C@H]1O. The summed E-state index contributed by atoms with van der Waals surface area (Å²) in [6.07, 6.45) is -3.67. The zero-order chi connectivity index (χ0) is 13.0. The molecule has 1 fully saturated rings. The van der Waals surface area contributed by atoms with Gasteiger partial charge in [-0.2, -0.15) is 0 Å². The second kappa shape index (κ2) is 6.27. The molecule has 1 rings (SSSR count). The third kappa shape index (κ3) is 3.36. The first-order chi connectivity index (χ1) is 8.01. The summed E-state index contributed by atoms with van der Waals surface area (Å²) in [4.78, 5) is 11.0. The highest BCUT2D eigenvalue weighted by atomic mass is 16.6. The van der Waals surface area contributed by atoms with E-state index in [0.29, 0.717) is 0 Å². The van der Waals surface area contributed by atoms with Gasteiger partial charge in [0, 0.05) is 21.1 Å². The Morgan fingerprint density at radius 1 is 1.41 bits per heavy atom. The Bertz CT molecular complexity index is 261. The molecule has 100 valence electrons. The predicted molar refractivity (Wildman–Crippen MR) is 57.2 cm³/mol. The van der Waals surface area contributed by atoms with Crippen molar-refractivity contribution in [2.75, 3.05) is 20.8 Å². The highest BCUT2D eigenvalue weighted by molar-refractivity contribution is 5.73. The van der Waals surface area contributed by atoms with Crippen molar-refractivity contribution in [3.8, 4) is 0 Å². The molecule has 1 saturated heterocycles. The van der Waals surface area contributed by atoms with Crippen LogP contribution in [0, 0.1) is 0 Å². The van der Waals surface area contributed by atoms with E-state index in [9.17, 15) is 15.0 Å². The van der Waals surface area contributed by atoms with Gasteiger partial charge in [-0.15, -0.1) is 0 Å². The molecular weight excluding hydrogens is 230 g/mol. The van der Waals surface area contributed by atoms with Crippen LogP contribution in [0.5, 0.6) is 0 Å². The molecule has 1 heterocycles. The van der Waals surface area contributed by atoms with Gasteiger partial charge < -0.3 is 29.7 Å². The van der Waals surface area contributed by atoms with E-state index in [1.807, 2.05) is 0 Å². The molecule has 5 atom stereocenters. The average Bonchev–Trinajstić information content (AvgIpc) is 2.25. The maximum absolute atomic E-state index is 11.0. The molecule has 0 aromatic carbocycles. The topological polar surface area (TPSA) is 97.2 Å². The second-order valence-corrected chi connectivity index (χ2v) is 3.94. The molecule has 3 N–H and O–H groups in total. The Hall–Kier alpha value is -0.730. The van der Waals surface area contributed by atoms with E-state index in [1.165, 1.54) is 21.1 Å². The molecule has 1 aliphatic rings. The third-order valence-electron chi connectivity index (χ3n) is 2.67. The average molecular weight is 249 g/mol. The van der Waals surface area contributed by atoms with Gasteiger partial charge in [0.15, 0.2) is 6.29 Å². The molecule has 0 radical (unpaired) electrons. The van der Waals surface area contributed by atoms with Crippen molar-refractivity contribution >= 4 is 5.91 Å². The Morgan fingerprint density at radius 3 is 2.53 bits per heavy atom. The van der Waals surface area contributed by atoms with Crippen molar-refractivity contribution in [1.82, 2.24) is 5.32 Å². The molecule has 0 aromatic rings. The summed E-state index contributed by atoms with van der Waals surface area (Å²) < 4.78 is 15.1. The zero-order valence-corrected chi connectivity index (χ0v) is 10.1. The van der Waals surface area contributed by atoms with Gasteiger partial charge >= 0.3 is 0 Å². The molecule has 0 unspecified atom stereocenters. The Kier molecular flexibility index (Phi) is 5.29. The van der Waals surface area contributed by atoms with Crippen LogP contribution >= 0.6 is 0 Å². The number of rotatable bonds is 4. The maximum Gasteiger partial charge on any atom is 0.217 e. The van der Waals surface area contributed by atoms with E-state index in [0.717, 1.165) is 0 Å². The fraction of sp³-hybridized carbons (Fsp3) is 0.900. The highest BCUT2D eigenvalue weighted by Crippen LogP contribution is 2.22. The van der Waals surface area contributed by atoms with Crippen molar-refractivity contribution in [1.29, 1.82) is 0 Å². The fourth-order valence-electron chi connectivity index (χ4n) is 1.91. The zero-order valence-electron chi connectivity index (χ0n) is 10.1. The van der Waals surface area contributed by atoms with Gasteiger partial charge in [-0.3, -0.25) is 4.79 Å². The number of hydrogen-bond acceptors (Lipinski definition) is 6. The number of carbonyl (C=O) groups is 1. The summed E-state index contributed by atoms with van der Waals surface area (Å²) in [5.41, 5.74) is 0. The number of methoxy groups -OCH3 is 2. The molecule has 0 spiro atoms. The van der Waals surface area contributed by atoms with Crippen molar-refractivity contribution in [3.63, 3.8) is 0 Å². The van der Waals surface area contributed by atoms with Crippen molar-refractivity contribution < 1.29 is 29.2 Å². The van der Waals surface area contributed by atoms with Crippen LogP contribution in [-0.2, 0) is 19.0 Å². The van der Waals surface area contributed by atoms with Crippen LogP contribution in [0.15, 0.2) is 0 Å². The summed E-state index contributed by atoms with van der Waals surface area (Å²) in [6.45, 7) is 1.44. The third-order valence-corrected chi connectivity index (χ3v) is 2.67. The van der Waals surface area contributed by atoms with Crippen LogP contribution in [0.3, 0.4) is 0 Å². The van der Waals surface area contributed by atoms with Crippen LogP contribution in [-0.4, -0.2) is 67.6 Å². The molecule has 17 heavy (non-hydrogen) atoms. The largest absolute Gasteiger partial charge is 0.388 e. The van der Waals surface area contributed by atoms with Gasteiger partial charge in [0.05, 0.1) is 6.61 Å². The summed E-state index contributed by atoms with van der Waals surface area (Å²) in [5, 5.41) is 22.2. The number of hydrogen-bond donors (Lipinski definition) is 3. The van der Waals surface area contributed by atoms with Crippen LogP contribution in [0.2, 0.25) is 0 Å². The lowest BCUT2D eigenvalue weighted by Crippen LogP contribution is -2.64. The van der Waals surface area contributed by atoms with E-state index in [-0.39, 0.29) is 12.5 Å². The number of aliphatic hydroxyl groups is 2. The lowest BCUT2D eigenvalue weighted by atomic mass is 9.97. The van der Waals surface area contributed by atoms with Gasteiger partial charge in [-0.1, -0.05) is 0 Å². The van der Waals surface area contributed by atoms with Gasteiger partial charge in [0.2, 0.25) is 5.91 Å². The molecule has 0 bridgehead atoms. The van der Waals surface area contributed by atoms with Crippen LogP contribution in [0.4, 0.5) is 0 Å². The number of ether oxygens (including phenoxy) is 3. The monoisotopic (exact) mass is 249 g/mol. The summed E-state index contributed by atoms with van der Waals surface area (Å²) in [7, 11) is 2.86. The highest BCUT2D eigenvalue weighted by Gasteiger charge is 2.45. The lowest BCUT2D eigenvalue weighted by molar-refractivity contribution is -0.259. The van der Waals surface area contributed by atoms with Crippen LogP contribution in [0.25, 0.3) is 0 Å². The molecule has 0 saturated carbocycles. The first-order valence-electron chi connectivity index (χ1n) is 5.31. The molecule has 0 aliphatic carbocycles. The minimum atomic E-state index is -1.24. The second-order valence-electron chi connectivity index (χ2n) is 3.94. The Balaban J connectivity index is 2.76. The predicted octanol–water partition coefficient (Wildman–Crippen LogP) is -1.77. The molecule has 7 heteroatoms. The van der Waals surface area contributed by atoms with E-state index in [1.54, 1.807) is 0 Å². The van der Waals surface area contributed by atoms with Gasteiger partial charge in [-0.05, 0) is 0 Å². The lowest BCUT2D eigenvalue weighted by Gasteiger charge is -2.42. The van der Waals surface area contributed by atoms with Gasteiger partial charge in [-0.25, -0.2) is 0 Å². The quantitative estimate of drug-likeness (QED) is 0.545. The minimum Gasteiger partial charge on any atom is -0.388 e. The minimum absolute atomic E-state index is 0.130. The smallest absolute Gasteiger partial charge is 0.217 e.